The Morgan fingerprint density at radius 2 is 2.00 bits per heavy atom. The first-order valence-corrected chi connectivity index (χ1v) is 4.95. The third-order valence-corrected chi connectivity index (χ3v) is 2.29. The highest BCUT2D eigenvalue weighted by Gasteiger charge is 2.02. The Hall–Kier alpha value is -1.26. The molecule has 1 aromatic heterocycles. The summed E-state index contributed by atoms with van der Waals surface area (Å²) in [5, 5.41) is 6.78. The largest absolute Gasteiger partial charge is 0.268 e. The molecule has 0 fully saturated rings. The van der Waals surface area contributed by atoms with Crippen molar-refractivity contribution in [2.75, 3.05) is 0 Å². The van der Waals surface area contributed by atoms with Crippen LogP contribution in [0.4, 0.5) is 4.39 Å². The number of aromatic amines is 1. The van der Waals surface area contributed by atoms with Crippen LogP contribution < -0.4 is 0 Å². The molecule has 2 rings (SSSR count). The van der Waals surface area contributed by atoms with E-state index in [-0.39, 0.29) is 5.82 Å². The fraction of sp³-hybridized carbons (Fsp3) is 0. The van der Waals surface area contributed by atoms with Gasteiger partial charge in [0.05, 0.1) is 6.20 Å². The third kappa shape index (κ3) is 2.40. The maximum atomic E-state index is 13.1. The molecular weight excluding hydrogens is 235 g/mol. The Labute approximate surface area is 95.7 Å². The molecule has 2 aromatic rings. The molecule has 1 N–H and O–H groups in total. The summed E-state index contributed by atoms with van der Waals surface area (Å²) in [5.74, 6) is -0.378. The van der Waals surface area contributed by atoms with Crippen molar-refractivity contribution in [2.24, 2.45) is 0 Å². The summed E-state index contributed by atoms with van der Waals surface area (Å²) in [4.78, 5) is 0. The minimum absolute atomic E-state index is 0.351. The van der Waals surface area contributed by atoms with Gasteiger partial charge in [-0.2, -0.15) is 5.10 Å². The molecule has 0 bridgehead atoms. The van der Waals surface area contributed by atoms with Crippen LogP contribution in [0.5, 0.6) is 0 Å². The molecule has 0 aliphatic carbocycles. The molecule has 5 heteroatoms. The highest BCUT2D eigenvalue weighted by Crippen LogP contribution is 2.23. The monoisotopic (exact) mass is 240 g/mol. The zero-order chi connectivity index (χ0) is 10.8. The minimum Gasteiger partial charge on any atom is -0.268 e. The van der Waals surface area contributed by atoms with Crippen LogP contribution in [0.1, 0.15) is 0 Å². The molecule has 2 nitrogen and oxygen atoms in total. The predicted molar refractivity (Wildman–Crippen MR) is 59.8 cm³/mol. The number of nitrogens with one attached hydrogen (secondary N) is 1. The Morgan fingerprint density at radius 1 is 1.20 bits per heavy atom. The maximum absolute atomic E-state index is 13.1. The Kier molecular flexibility index (Phi) is 2.79. The van der Waals surface area contributed by atoms with E-state index in [1.165, 1.54) is 12.1 Å². The second-order valence-electron chi connectivity index (χ2n) is 2.99. The van der Waals surface area contributed by atoms with Crippen molar-refractivity contribution >= 4 is 23.8 Å². The summed E-state index contributed by atoms with van der Waals surface area (Å²) in [6, 6.07) is 6.00. The van der Waals surface area contributed by atoms with Crippen LogP contribution in [0.25, 0.3) is 11.1 Å². The predicted octanol–water partition coefficient (Wildman–Crippen LogP) is 3.60. The Bertz CT molecular complexity index is 533. The summed E-state index contributed by atoms with van der Waals surface area (Å²) in [6.07, 6.45) is 1.57. The van der Waals surface area contributed by atoms with E-state index >= 15 is 0 Å². The molecule has 76 valence electrons. The summed E-state index contributed by atoms with van der Waals surface area (Å²) in [7, 11) is 0. The molecule has 0 saturated heterocycles. The van der Waals surface area contributed by atoms with Crippen molar-refractivity contribution in [3.8, 4) is 11.1 Å². The Balaban J connectivity index is 2.58. The first-order valence-electron chi connectivity index (χ1n) is 4.16. The molecule has 0 radical (unpaired) electrons. The van der Waals surface area contributed by atoms with Gasteiger partial charge < -0.3 is 0 Å². The maximum Gasteiger partial charge on any atom is 0.125 e. The molecule has 0 saturated carbocycles. The number of aromatic nitrogens is 2. The van der Waals surface area contributed by atoms with Gasteiger partial charge in [0.15, 0.2) is 0 Å². The Morgan fingerprint density at radius 3 is 2.67 bits per heavy atom. The minimum atomic E-state index is -0.378. The van der Waals surface area contributed by atoms with Crippen molar-refractivity contribution in [3.05, 3.63) is 45.9 Å². The van der Waals surface area contributed by atoms with Gasteiger partial charge in [0.2, 0.25) is 0 Å². The molecule has 1 aromatic carbocycles. The number of hydrogen-bond acceptors (Lipinski definition) is 2. The number of rotatable bonds is 1. The topological polar surface area (TPSA) is 28.7 Å². The van der Waals surface area contributed by atoms with Crippen molar-refractivity contribution in [1.29, 1.82) is 0 Å². The number of benzene rings is 1. The number of H-pyrrole nitrogens is 1. The second kappa shape index (κ2) is 4.08. The lowest BCUT2D eigenvalue weighted by molar-refractivity contribution is 0.628. The smallest absolute Gasteiger partial charge is 0.125 e. The summed E-state index contributed by atoms with van der Waals surface area (Å²) >= 11 is 10.7. The van der Waals surface area contributed by atoms with E-state index < -0.39 is 0 Å². The molecule has 15 heavy (non-hydrogen) atoms. The van der Waals surface area contributed by atoms with Gasteiger partial charge in [-0.1, -0.05) is 23.8 Å². The van der Waals surface area contributed by atoms with Gasteiger partial charge >= 0.3 is 0 Å². The fourth-order valence-electron chi connectivity index (χ4n) is 1.25. The van der Waals surface area contributed by atoms with Gasteiger partial charge in [0.1, 0.15) is 10.5 Å². The van der Waals surface area contributed by atoms with Crippen molar-refractivity contribution in [1.82, 2.24) is 10.2 Å². The highest BCUT2D eigenvalue weighted by atomic mass is 35.5. The van der Waals surface area contributed by atoms with Crippen molar-refractivity contribution < 1.29 is 4.39 Å². The molecule has 1 heterocycles. The van der Waals surface area contributed by atoms with Gasteiger partial charge in [0.25, 0.3) is 0 Å². The van der Waals surface area contributed by atoms with Gasteiger partial charge in [-0.3, -0.25) is 5.10 Å². The quantitative estimate of drug-likeness (QED) is 0.772. The van der Waals surface area contributed by atoms with Crippen LogP contribution >= 0.6 is 23.8 Å². The normalized spacial score (nSPS) is 10.3. The second-order valence-corrected chi connectivity index (χ2v) is 3.87. The van der Waals surface area contributed by atoms with Crippen LogP contribution in [0.3, 0.4) is 0 Å². The van der Waals surface area contributed by atoms with E-state index in [9.17, 15) is 4.39 Å². The van der Waals surface area contributed by atoms with Crippen LogP contribution in [-0.4, -0.2) is 10.2 Å². The van der Waals surface area contributed by atoms with E-state index in [1.54, 1.807) is 18.3 Å². The first kappa shape index (κ1) is 10.3. The molecule has 0 aliphatic heterocycles. The van der Waals surface area contributed by atoms with Gasteiger partial charge in [-0.25, -0.2) is 4.39 Å². The summed E-state index contributed by atoms with van der Waals surface area (Å²) < 4.78 is 13.6. The zero-order valence-electron chi connectivity index (χ0n) is 7.50. The van der Waals surface area contributed by atoms with Gasteiger partial charge in [-0.15, -0.1) is 0 Å². The van der Waals surface area contributed by atoms with E-state index in [2.05, 4.69) is 10.2 Å². The van der Waals surface area contributed by atoms with Crippen LogP contribution in [0.15, 0.2) is 30.5 Å². The molecule has 0 amide bonds. The standard InChI is InChI=1S/C10H6ClFN2S/c11-8-1-6(2-9(12)4-8)7-3-10(15)14-13-5-7/h1-5H,(H,14,15). The lowest BCUT2D eigenvalue weighted by Crippen LogP contribution is -1.85. The van der Waals surface area contributed by atoms with E-state index in [1.807, 2.05) is 0 Å². The van der Waals surface area contributed by atoms with Crippen molar-refractivity contribution in [2.45, 2.75) is 0 Å². The van der Waals surface area contributed by atoms with Gasteiger partial charge in [0, 0.05) is 10.6 Å². The van der Waals surface area contributed by atoms with E-state index in [4.69, 9.17) is 23.8 Å². The molecule has 0 spiro atoms. The highest BCUT2D eigenvalue weighted by molar-refractivity contribution is 7.71. The lowest BCUT2D eigenvalue weighted by Gasteiger charge is -2.01. The van der Waals surface area contributed by atoms with Crippen molar-refractivity contribution in [3.63, 3.8) is 0 Å². The number of nitrogens with zero attached hydrogens (tertiary/aromatic N) is 1. The average molecular weight is 241 g/mol. The molecule has 0 atom stereocenters. The number of hydrogen-bond donors (Lipinski definition) is 1. The fourth-order valence-corrected chi connectivity index (χ4v) is 1.66. The summed E-state index contributed by atoms with van der Waals surface area (Å²) in [5.41, 5.74) is 1.40. The molecule has 0 aliphatic rings. The SMILES string of the molecule is Fc1cc(Cl)cc(-c2cn[nH]c(=S)c2)c1. The number of halogens is 2. The molecular formula is C10H6ClFN2S. The third-order valence-electron chi connectivity index (χ3n) is 1.86. The van der Waals surface area contributed by atoms with Crippen LogP contribution in [0.2, 0.25) is 5.02 Å². The first-order chi connectivity index (χ1) is 7.15. The zero-order valence-corrected chi connectivity index (χ0v) is 9.07. The average Bonchev–Trinajstić information content (AvgIpc) is 2.16. The van der Waals surface area contributed by atoms with Gasteiger partial charge in [-0.05, 0) is 29.8 Å². The summed E-state index contributed by atoms with van der Waals surface area (Å²) in [6.45, 7) is 0. The van der Waals surface area contributed by atoms with E-state index in [0.29, 0.717) is 15.2 Å². The van der Waals surface area contributed by atoms with Crippen LogP contribution in [-0.2, 0) is 0 Å². The lowest BCUT2D eigenvalue weighted by atomic mass is 10.1. The van der Waals surface area contributed by atoms with Crippen LogP contribution in [0, 0.1) is 10.5 Å². The molecule has 0 unspecified atom stereocenters. The van der Waals surface area contributed by atoms with E-state index in [0.717, 1.165) is 5.56 Å².